The third-order valence-electron chi connectivity index (χ3n) is 5.62. The summed E-state index contributed by atoms with van der Waals surface area (Å²) in [4.78, 5) is 22.2. The van der Waals surface area contributed by atoms with Crippen LogP contribution in [-0.2, 0) is 13.6 Å². The third-order valence-corrected chi connectivity index (χ3v) is 6.75. The Bertz CT molecular complexity index is 1600. The molecule has 154 valence electrons. The van der Waals surface area contributed by atoms with Gasteiger partial charge >= 0.3 is 0 Å². The first-order valence-corrected chi connectivity index (χ1v) is 10.6. The summed E-state index contributed by atoms with van der Waals surface area (Å²) >= 11 is 1.37. The molecular formula is C21H17N7O2S. The standard InChI is InChI=1S/C21H17N7O2S/c1-27-16-13(18-19(27)25-20(31-18)17(29)15-6-3-7-22-15)9-24-28(21(16)30)10-11-4-2-5-14-12(11)8-23-26-14/h2-6,8-9,17,29H,7,10H2,1H3,(H,23,26)/t17-/m0/s1. The number of aromatic nitrogens is 6. The highest BCUT2D eigenvalue weighted by molar-refractivity contribution is 7.19. The van der Waals surface area contributed by atoms with E-state index >= 15 is 0 Å². The van der Waals surface area contributed by atoms with E-state index in [2.05, 4.69) is 25.3 Å². The summed E-state index contributed by atoms with van der Waals surface area (Å²) in [5.41, 5.74) is 3.51. The number of H-pyrrole nitrogens is 1. The molecule has 0 unspecified atom stereocenters. The number of aryl methyl sites for hydroxylation is 1. The lowest BCUT2D eigenvalue weighted by molar-refractivity contribution is 0.248. The molecular weight excluding hydrogens is 414 g/mol. The van der Waals surface area contributed by atoms with Crippen molar-refractivity contribution in [1.82, 2.24) is 29.5 Å². The van der Waals surface area contributed by atoms with Crippen molar-refractivity contribution in [3.63, 3.8) is 0 Å². The van der Waals surface area contributed by atoms with Crippen LogP contribution >= 0.6 is 11.3 Å². The number of aliphatic hydroxyl groups is 1. The molecule has 10 heteroatoms. The van der Waals surface area contributed by atoms with Crippen LogP contribution in [0.1, 0.15) is 16.7 Å². The third kappa shape index (κ3) is 2.69. The van der Waals surface area contributed by atoms with Gasteiger partial charge in [-0.05, 0) is 17.7 Å². The smallest absolute Gasteiger partial charge is 0.291 e. The van der Waals surface area contributed by atoms with Crippen LogP contribution in [-0.4, -0.2) is 46.9 Å². The van der Waals surface area contributed by atoms with E-state index in [1.165, 1.54) is 16.0 Å². The molecule has 31 heavy (non-hydrogen) atoms. The molecule has 1 atom stereocenters. The Kier molecular flexibility index (Phi) is 3.92. The van der Waals surface area contributed by atoms with Crippen LogP contribution in [0.15, 0.2) is 52.5 Å². The molecule has 0 amide bonds. The van der Waals surface area contributed by atoms with Crippen LogP contribution in [0.5, 0.6) is 0 Å². The topological polar surface area (TPSA) is 114 Å². The van der Waals surface area contributed by atoms with Gasteiger partial charge in [0.25, 0.3) is 5.56 Å². The monoisotopic (exact) mass is 431 g/mol. The van der Waals surface area contributed by atoms with E-state index in [1.54, 1.807) is 17.0 Å². The molecule has 1 aliphatic rings. The van der Waals surface area contributed by atoms with Gasteiger partial charge in [0.2, 0.25) is 0 Å². The van der Waals surface area contributed by atoms with Crippen molar-refractivity contribution in [3.8, 4) is 0 Å². The second kappa shape index (κ2) is 6.69. The number of benzene rings is 1. The molecule has 6 rings (SSSR count). The number of aliphatic hydroxyl groups excluding tert-OH is 1. The summed E-state index contributed by atoms with van der Waals surface area (Å²) in [5, 5.41) is 24.3. The molecule has 0 radical (unpaired) electrons. The molecule has 5 heterocycles. The molecule has 9 nitrogen and oxygen atoms in total. The number of aromatic amines is 1. The van der Waals surface area contributed by atoms with Crippen LogP contribution < -0.4 is 5.56 Å². The maximum absolute atomic E-state index is 13.3. The Hall–Kier alpha value is -3.63. The lowest BCUT2D eigenvalue weighted by Crippen LogP contribution is -2.24. The van der Waals surface area contributed by atoms with Crippen LogP contribution in [0.3, 0.4) is 0 Å². The summed E-state index contributed by atoms with van der Waals surface area (Å²) in [6.07, 6.45) is 6.31. The van der Waals surface area contributed by atoms with Gasteiger partial charge in [-0.1, -0.05) is 18.2 Å². The molecule has 0 fully saturated rings. The minimum atomic E-state index is -0.866. The molecule has 0 spiro atoms. The number of hydrogen-bond donors (Lipinski definition) is 2. The highest BCUT2D eigenvalue weighted by Gasteiger charge is 2.23. The first kappa shape index (κ1) is 18.2. The molecule has 1 aromatic carbocycles. The lowest BCUT2D eigenvalue weighted by Gasteiger charge is -2.07. The quantitative estimate of drug-likeness (QED) is 0.453. The van der Waals surface area contributed by atoms with Gasteiger partial charge in [0, 0.05) is 17.8 Å². The Morgan fingerprint density at radius 2 is 2.19 bits per heavy atom. The maximum atomic E-state index is 13.3. The molecule has 4 aromatic heterocycles. The van der Waals surface area contributed by atoms with Crippen LogP contribution in [0.2, 0.25) is 0 Å². The zero-order chi connectivity index (χ0) is 21.1. The van der Waals surface area contributed by atoms with Gasteiger partial charge in [-0.2, -0.15) is 10.2 Å². The Morgan fingerprint density at radius 1 is 1.29 bits per heavy atom. The predicted molar refractivity (Wildman–Crippen MR) is 120 cm³/mol. The minimum Gasteiger partial charge on any atom is -0.380 e. The van der Waals surface area contributed by atoms with Gasteiger partial charge in [-0.15, -0.1) is 11.3 Å². The van der Waals surface area contributed by atoms with Crippen LogP contribution in [0, 0.1) is 0 Å². The van der Waals surface area contributed by atoms with Crippen molar-refractivity contribution in [2.45, 2.75) is 12.6 Å². The fraction of sp³-hybridized carbons (Fsp3) is 0.190. The Morgan fingerprint density at radius 3 is 3.03 bits per heavy atom. The van der Waals surface area contributed by atoms with E-state index in [0.717, 1.165) is 26.6 Å². The zero-order valence-corrected chi connectivity index (χ0v) is 17.3. The highest BCUT2D eigenvalue weighted by atomic mass is 32.1. The molecule has 0 bridgehead atoms. The second-order valence-corrected chi connectivity index (χ2v) is 8.48. The summed E-state index contributed by atoms with van der Waals surface area (Å²) in [6.45, 7) is 0.921. The first-order chi connectivity index (χ1) is 15.1. The number of aliphatic imine (C=N–C) groups is 1. The van der Waals surface area contributed by atoms with E-state index in [0.29, 0.717) is 35.0 Å². The van der Waals surface area contributed by atoms with Crippen molar-refractivity contribution in [2.75, 3.05) is 6.54 Å². The first-order valence-electron chi connectivity index (χ1n) is 9.76. The number of nitrogens with zero attached hydrogens (tertiary/aromatic N) is 6. The van der Waals surface area contributed by atoms with Crippen molar-refractivity contribution in [2.24, 2.45) is 12.0 Å². The number of hydrogen-bond acceptors (Lipinski definition) is 7. The molecule has 1 aliphatic heterocycles. The lowest BCUT2D eigenvalue weighted by atomic mass is 10.1. The van der Waals surface area contributed by atoms with E-state index in [9.17, 15) is 9.90 Å². The zero-order valence-electron chi connectivity index (χ0n) is 16.5. The molecule has 5 aromatic rings. The van der Waals surface area contributed by atoms with E-state index in [1.807, 2.05) is 37.4 Å². The SMILES string of the molecule is Cn1c2nc([C@@H](O)C3=NCC=C3)sc2c2cnn(Cc3cccc4[nH]ncc34)c(=O)c21. The molecule has 0 saturated carbocycles. The van der Waals surface area contributed by atoms with E-state index < -0.39 is 6.10 Å². The minimum absolute atomic E-state index is 0.184. The van der Waals surface area contributed by atoms with Gasteiger partial charge in [0.15, 0.2) is 5.65 Å². The summed E-state index contributed by atoms with van der Waals surface area (Å²) in [7, 11) is 1.82. The molecule has 2 N–H and O–H groups in total. The van der Waals surface area contributed by atoms with Gasteiger partial charge in [0.1, 0.15) is 16.6 Å². The van der Waals surface area contributed by atoms with Crippen molar-refractivity contribution in [1.29, 1.82) is 0 Å². The van der Waals surface area contributed by atoms with Gasteiger partial charge in [-0.25, -0.2) is 9.67 Å². The maximum Gasteiger partial charge on any atom is 0.291 e. The number of rotatable bonds is 4. The average Bonchev–Trinajstić information content (AvgIpc) is 3.56. The largest absolute Gasteiger partial charge is 0.380 e. The summed E-state index contributed by atoms with van der Waals surface area (Å²) < 4.78 is 4.08. The predicted octanol–water partition coefficient (Wildman–Crippen LogP) is 2.31. The van der Waals surface area contributed by atoms with Crippen molar-refractivity contribution >= 4 is 49.2 Å². The van der Waals surface area contributed by atoms with E-state index in [-0.39, 0.29) is 5.56 Å². The van der Waals surface area contributed by atoms with Crippen molar-refractivity contribution < 1.29 is 5.11 Å². The summed E-state index contributed by atoms with van der Waals surface area (Å²) in [6, 6.07) is 5.84. The number of thiazole rings is 1. The van der Waals surface area contributed by atoms with E-state index in [4.69, 9.17) is 0 Å². The second-order valence-electron chi connectivity index (χ2n) is 7.45. The highest BCUT2D eigenvalue weighted by Crippen LogP contribution is 2.34. The Balaban J connectivity index is 1.46. The fourth-order valence-electron chi connectivity index (χ4n) is 4.05. The molecule has 0 saturated heterocycles. The van der Waals surface area contributed by atoms with Crippen LogP contribution in [0.25, 0.3) is 32.2 Å². The molecule has 0 aliphatic carbocycles. The van der Waals surface area contributed by atoms with Crippen molar-refractivity contribution in [3.05, 3.63) is 63.7 Å². The number of nitrogens with one attached hydrogen (secondary N) is 1. The summed E-state index contributed by atoms with van der Waals surface area (Å²) in [5.74, 6) is 0. The Labute approximate surface area is 179 Å². The average molecular weight is 431 g/mol. The van der Waals surface area contributed by atoms with Gasteiger partial charge in [0.05, 0.1) is 41.4 Å². The van der Waals surface area contributed by atoms with Gasteiger partial charge in [-0.3, -0.25) is 14.9 Å². The normalized spacial score (nSPS) is 14.8. The van der Waals surface area contributed by atoms with Crippen LogP contribution in [0.4, 0.5) is 0 Å². The fourth-order valence-corrected chi connectivity index (χ4v) is 5.16. The number of fused-ring (bicyclic) bond motifs is 4. The van der Waals surface area contributed by atoms with Gasteiger partial charge < -0.3 is 9.67 Å².